The Morgan fingerprint density at radius 2 is 1.85 bits per heavy atom. The number of fused-ring (bicyclic) bond motifs is 2. The summed E-state index contributed by atoms with van der Waals surface area (Å²) >= 11 is 0. The average Bonchev–Trinajstić information content (AvgIpc) is 2.16. The van der Waals surface area contributed by atoms with E-state index in [9.17, 15) is 4.79 Å². The van der Waals surface area contributed by atoms with Gasteiger partial charge in [0.05, 0.1) is 0 Å². The van der Waals surface area contributed by atoms with Gasteiger partial charge < -0.3 is 10.6 Å². The molecule has 2 rings (SSSR count). The van der Waals surface area contributed by atoms with Crippen LogP contribution in [0, 0.1) is 17.8 Å². The normalized spacial score (nSPS) is 38.4. The van der Waals surface area contributed by atoms with Gasteiger partial charge in [-0.25, -0.2) is 0 Å². The van der Waals surface area contributed by atoms with Gasteiger partial charge >= 0.3 is 0 Å². The van der Waals surface area contributed by atoms with E-state index in [1.54, 1.807) is 7.05 Å². The van der Waals surface area contributed by atoms with Crippen molar-refractivity contribution >= 4 is 5.91 Å². The maximum atomic E-state index is 11.5. The van der Waals surface area contributed by atoms with Crippen molar-refractivity contribution in [3.05, 3.63) is 0 Å². The minimum atomic E-state index is 0.247. The highest BCUT2D eigenvalue weighted by atomic mass is 16.1. The summed E-state index contributed by atoms with van der Waals surface area (Å²) in [5.41, 5.74) is 0. The lowest BCUT2D eigenvalue weighted by Gasteiger charge is -2.38. The van der Waals surface area contributed by atoms with Crippen molar-refractivity contribution in [2.45, 2.75) is 19.3 Å². The first-order chi connectivity index (χ1) is 6.29. The number of hydrogen-bond donors (Lipinski definition) is 2. The fraction of sp³-hybridized carbons (Fsp3) is 0.900. The van der Waals surface area contributed by atoms with Crippen molar-refractivity contribution in [2.24, 2.45) is 17.8 Å². The molecule has 1 unspecified atom stereocenters. The summed E-state index contributed by atoms with van der Waals surface area (Å²) in [6.07, 6.45) is 3.51. The largest absolute Gasteiger partial charge is 0.359 e. The van der Waals surface area contributed by atoms with Crippen LogP contribution in [-0.4, -0.2) is 26.0 Å². The molecule has 0 aromatic carbocycles. The van der Waals surface area contributed by atoms with Gasteiger partial charge in [0.1, 0.15) is 0 Å². The molecule has 1 aliphatic heterocycles. The van der Waals surface area contributed by atoms with Crippen LogP contribution in [0.2, 0.25) is 0 Å². The molecule has 1 amide bonds. The molecule has 0 aromatic heterocycles. The molecule has 13 heavy (non-hydrogen) atoms. The van der Waals surface area contributed by atoms with Gasteiger partial charge in [0.25, 0.3) is 0 Å². The predicted molar refractivity (Wildman–Crippen MR) is 51.3 cm³/mol. The van der Waals surface area contributed by atoms with E-state index in [0.717, 1.165) is 37.8 Å². The standard InChI is InChI=1S/C10H18N2O/c1-11-10(13)9-3-7-2-8(4-9)6-12-5-7/h7-9,12H,2-6H2,1H3,(H,11,13)/t7-,8+,9?. The second-order valence-electron chi connectivity index (χ2n) is 4.41. The fourth-order valence-electron chi connectivity index (χ4n) is 2.81. The van der Waals surface area contributed by atoms with Crippen molar-refractivity contribution in [3.8, 4) is 0 Å². The number of carbonyl (C=O) groups is 1. The second kappa shape index (κ2) is 3.66. The highest BCUT2D eigenvalue weighted by molar-refractivity contribution is 5.78. The first-order valence-electron chi connectivity index (χ1n) is 5.22. The fourth-order valence-corrected chi connectivity index (χ4v) is 2.81. The monoisotopic (exact) mass is 182 g/mol. The lowest BCUT2D eigenvalue weighted by molar-refractivity contribution is -0.126. The van der Waals surface area contributed by atoms with E-state index in [1.807, 2.05) is 0 Å². The van der Waals surface area contributed by atoms with Gasteiger partial charge in [-0.15, -0.1) is 0 Å². The summed E-state index contributed by atoms with van der Waals surface area (Å²) in [7, 11) is 1.74. The summed E-state index contributed by atoms with van der Waals surface area (Å²) < 4.78 is 0. The Morgan fingerprint density at radius 3 is 2.38 bits per heavy atom. The Balaban J connectivity index is 1.97. The number of carbonyl (C=O) groups excluding carboxylic acids is 1. The predicted octanol–water partition coefficient (Wildman–Crippen LogP) is 0.368. The van der Waals surface area contributed by atoms with E-state index in [-0.39, 0.29) is 11.8 Å². The Kier molecular flexibility index (Phi) is 2.54. The highest BCUT2D eigenvalue weighted by Crippen LogP contribution is 2.35. The van der Waals surface area contributed by atoms with Crippen molar-refractivity contribution in [3.63, 3.8) is 0 Å². The van der Waals surface area contributed by atoms with Crippen LogP contribution < -0.4 is 10.6 Å². The Morgan fingerprint density at radius 1 is 1.23 bits per heavy atom. The maximum absolute atomic E-state index is 11.5. The molecule has 2 aliphatic rings. The van der Waals surface area contributed by atoms with E-state index in [1.165, 1.54) is 6.42 Å². The highest BCUT2D eigenvalue weighted by Gasteiger charge is 2.34. The zero-order chi connectivity index (χ0) is 9.26. The molecule has 3 nitrogen and oxygen atoms in total. The number of piperidine rings is 1. The Labute approximate surface area is 79.3 Å². The third-order valence-corrected chi connectivity index (χ3v) is 3.39. The molecule has 2 N–H and O–H groups in total. The van der Waals surface area contributed by atoms with Crippen LogP contribution in [0.1, 0.15) is 19.3 Å². The summed E-state index contributed by atoms with van der Waals surface area (Å²) in [5.74, 6) is 2.03. The molecule has 2 fully saturated rings. The molecule has 3 atom stereocenters. The molecular formula is C10H18N2O. The van der Waals surface area contributed by atoms with Crippen LogP contribution >= 0.6 is 0 Å². The van der Waals surface area contributed by atoms with E-state index < -0.39 is 0 Å². The third kappa shape index (κ3) is 1.85. The van der Waals surface area contributed by atoms with E-state index >= 15 is 0 Å². The SMILES string of the molecule is CNC(=O)C1C[C@H]2CNC[C@@H](C1)C2. The zero-order valence-corrected chi connectivity index (χ0v) is 8.18. The lowest BCUT2D eigenvalue weighted by atomic mass is 9.73. The third-order valence-electron chi connectivity index (χ3n) is 3.39. The van der Waals surface area contributed by atoms with Crippen molar-refractivity contribution in [1.82, 2.24) is 10.6 Å². The minimum Gasteiger partial charge on any atom is -0.359 e. The molecule has 1 aliphatic carbocycles. The van der Waals surface area contributed by atoms with Crippen LogP contribution in [0.4, 0.5) is 0 Å². The summed E-state index contributed by atoms with van der Waals surface area (Å²) in [4.78, 5) is 11.5. The number of rotatable bonds is 1. The van der Waals surface area contributed by atoms with E-state index in [4.69, 9.17) is 0 Å². The Bertz CT molecular complexity index is 193. The van der Waals surface area contributed by atoms with Crippen LogP contribution in [0.15, 0.2) is 0 Å². The van der Waals surface area contributed by atoms with Crippen molar-refractivity contribution in [2.75, 3.05) is 20.1 Å². The molecule has 0 aromatic rings. The van der Waals surface area contributed by atoms with Crippen LogP contribution in [0.25, 0.3) is 0 Å². The van der Waals surface area contributed by atoms with Crippen LogP contribution in [0.3, 0.4) is 0 Å². The Hall–Kier alpha value is -0.570. The first-order valence-corrected chi connectivity index (χ1v) is 5.22. The first kappa shape index (κ1) is 9.00. The molecule has 1 saturated carbocycles. The minimum absolute atomic E-state index is 0.247. The molecule has 1 heterocycles. The average molecular weight is 182 g/mol. The molecule has 0 radical (unpaired) electrons. The van der Waals surface area contributed by atoms with Gasteiger partial charge in [0.2, 0.25) is 5.91 Å². The summed E-state index contributed by atoms with van der Waals surface area (Å²) in [5, 5.41) is 6.20. The van der Waals surface area contributed by atoms with Gasteiger partial charge in [0.15, 0.2) is 0 Å². The van der Waals surface area contributed by atoms with Gasteiger partial charge in [-0.1, -0.05) is 0 Å². The topological polar surface area (TPSA) is 41.1 Å². The van der Waals surface area contributed by atoms with Gasteiger partial charge in [-0.2, -0.15) is 0 Å². The second-order valence-corrected chi connectivity index (χ2v) is 4.41. The number of hydrogen-bond acceptors (Lipinski definition) is 2. The molecule has 74 valence electrons. The van der Waals surface area contributed by atoms with Gasteiger partial charge in [0, 0.05) is 13.0 Å². The number of amides is 1. The van der Waals surface area contributed by atoms with E-state index in [2.05, 4.69) is 10.6 Å². The quantitative estimate of drug-likeness (QED) is 0.615. The van der Waals surface area contributed by atoms with E-state index in [0.29, 0.717) is 0 Å². The van der Waals surface area contributed by atoms with Crippen molar-refractivity contribution in [1.29, 1.82) is 0 Å². The molecule has 0 spiro atoms. The zero-order valence-electron chi connectivity index (χ0n) is 8.18. The van der Waals surface area contributed by atoms with Gasteiger partial charge in [-0.3, -0.25) is 4.79 Å². The summed E-state index contributed by atoms with van der Waals surface area (Å²) in [6, 6.07) is 0. The van der Waals surface area contributed by atoms with Crippen LogP contribution in [-0.2, 0) is 4.79 Å². The van der Waals surface area contributed by atoms with Crippen molar-refractivity contribution < 1.29 is 4.79 Å². The lowest BCUT2D eigenvalue weighted by Crippen LogP contribution is -2.44. The molecule has 2 bridgehead atoms. The molecular weight excluding hydrogens is 164 g/mol. The molecule has 1 saturated heterocycles. The summed E-state index contributed by atoms with van der Waals surface area (Å²) in [6.45, 7) is 2.23. The van der Waals surface area contributed by atoms with Crippen LogP contribution in [0.5, 0.6) is 0 Å². The van der Waals surface area contributed by atoms with Gasteiger partial charge in [-0.05, 0) is 44.2 Å². The molecule has 3 heteroatoms. The maximum Gasteiger partial charge on any atom is 0.222 e. The smallest absolute Gasteiger partial charge is 0.222 e. The number of nitrogens with one attached hydrogen (secondary N) is 2.